The predicted octanol–water partition coefficient (Wildman–Crippen LogP) is 2.61. The van der Waals surface area contributed by atoms with Gasteiger partial charge in [0.15, 0.2) is 22.3 Å². The number of rotatable bonds is 16. The lowest BCUT2D eigenvalue weighted by molar-refractivity contribution is -0.203. The normalized spacial score (nSPS) is 21.8. The lowest BCUT2D eigenvalue weighted by Crippen LogP contribution is -2.71. The minimum absolute atomic E-state index is 0.00178. The van der Waals surface area contributed by atoms with E-state index < -0.39 is 57.9 Å². The number of thiazole rings is 1. The number of carbonyl (C=O) groups is 5. The average Bonchev–Trinajstić information content (AvgIpc) is 3.72. The molecule has 17 nitrogen and oxygen atoms in total. The van der Waals surface area contributed by atoms with Gasteiger partial charge in [-0.1, -0.05) is 36.5 Å². The van der Waals surface area contributed by atoms with Crippen LogP contribution in [0.15, 0.2) is 33.9 Å². The Hall–Kier alpha value is -4.59. The van der Waals surface area contributed by atoms with E-state index in [2.05, 4.69) is 32.6 Å². The Balaban J connectivity index is 1.34. The molecule has 0 unspecified atom stereocenters. The zero-order valence-electron chi connectivity index (χ0n) is 29.1. The Kier molecular flexibility index (Phi) is 12.1. The van der Waals surface area contributed by atoms with E-state index in [4.69, 9.17) is 26.9 Å². The molecule has 3 atom stereocenters. The van der Waals surface area contributed by atoms with Crippen LogP contribution in [0.1, 0.15) is 68.9 Å². The molecule has 4 heterocycles. The molecule has 2 aromatic rings. The summed E-state index contributed by atoms with van der Waals surface area (Å²) in [6.07, 6.45) is 3.94. The van der Waals surface area contributed by atoms with Crippen molar-refractivity contribution in [2.45, 2.75) is 75.6 Å². The van der Waals surface area contributed by atoms with Crippen LogP contribution in [0.2, 0.25) is 5.02 Å². The molecule has 2 saturated heterocycles. The van der Waals surface area contributed by atoms with Gasteiger partial charge in [-0.3, -0.25) is 29.0 Å². The van der Waals surface area contributed by atoms with Crippen LogP contribution >= 0.6 is 34.7 Å². The summed E-state index contributed by atoms with van der Waals surface area (Å²) in [6.45, 7) is 6.06. The number of hydrogen-bond acceptors (Lipinski definition) is 15. The smallest absolute Gasteiger partial charge is 0.352 e. The molecule has 0 bridgehead atoms. The van der Waals surface area contributed by atoms with Gasteiger partial charge in [-0.25, -0.2) is 9.78 Å². The van der Waals surface area contributed by atoms with Crippen molar-refractivity contribution in [3.8, 4) is 11.5 Å². The van der Waals surface area contributed by atoms with Crippen molar-refractivity contribution in [1.29, 1.82) is 0 Å². The number of amides is 3. The van der Waals surface area contributed by atoms with Crippen molar-refractivity contribution in [2.24, 2.45) is 5.16 Å². The molecule has 20 heteroatoms. The number of β-lactam (4-membered cyclic amide) rings is 1. The summed E-state index contributed by atoms with van der Waals surface area (Å²) in [5.41, 5.74) is 5.30. The molecule has 3 aliphatic heterocycles. The number of likely N-dealkylation sites (tertiary alicyclic amines) is 1. The number of aromatic hydroxyl groups is 2. The number of anilines is 1. The largest absolute Gasteiger partial charge is 0.504 e. The summed E-state index contributed by atoms with van der Waals surface area (Å²) in [7, 11) is 0. The highest BCUT2D eigenvalue weighted by molar-refractivity contribution is 8.00. The molecule has 0 saturated carbocycles. The molecule has 1 aromatic heterocycles. The Morgan fingerprint density at radius 3 is 2.70 bits per heavy atom. The number of phenolic OH excluding ortho intramolecular Hbond substituents is 2. The van der Waals surface area contributed by atoms with E-state index in [-0.39, 0.29) is 58.1 Å². The third-order valence-electron chi connectivity index (χ3n) is 9.24. The number of carbonyl (C=O) groups excluding carboxylic acids is 4. The summed E-state index contributed by atoms with van der Waals surface area (Å²) in [5, 5.41) is 40.2. The molecule has 5 rings (SSSR count). The number of carboxylic acids is 1. The van der Waals surface area contributed by atoms with Crippen LogP contribution < -0.4 is 16.4 Å². The van der Waals surface area contributed by atoms with Crippen LogP contribution in [0.25, 0.3) is 0 Å². The number of nitrogens with two attached hydrogens (primary N) is 1. The van der Waals surface area contributed by atoms with Crippen LogP contribution in [0.5, 0.6) is 11.5 Å². The van der Waals surface area contributed by atoms with E-state index in [0.717, 1.165) is 37.0 Å². The number of benzene rings is 1. The number of nitrogens with zero attached hydrogens (tertiary/aromatic N) is 4. The number of ether oxygens (including phenoxy) is 1. The van der Waals surface area contributed by atoms with Gasteiger partial charge in [0.25, 0.3) is 30.0 Å². The van der Waals surface area contributed by atoms with E-state index in [0.29, 0.717) is 18.5 Å². The molecule has 0 spiro atoms. The van der Waals surface area contributed by atoms with Crippen molar-refractivity contribution in [1.82, 2.24) is 25.4 Å². The van der Waals surface area contributed by atoms with Crippen LogP contribution in [-0.4, -0.2) is 114 Å². The fraction of sp³-hybridized carbons (Fsp3) is 0.485. The van der Waals surface area contributed by atoms with Crippen LogP contribution in [0, 0.1) is 0 Å². The number of nitrogen functional groups attached to an aromatic ring is 1. The van der Waals surface area contributed by atoms with Gasteiger partial charge in [-0.05, 0) is 43.5 Å². The number of hydrogen-bond donors (Lipinski definition) is 6. The number of oxime groups is 1. The summed E-state index contributed by atoms with van der Waals surface area (Å²) < 4.78 is 4.83. The van der Waals surface area contributed by atoms with E-state index >= 15 is 0 Å². The molecule has 2 fully saturated rings. The Morgan fingerprint density at radius 1 is 1.28 bits per heavy atom. The monoisotopic (exact) mass is 793 g/mol. The Labute approximate surface area is 317 Å². The second kappa shape index (κ2) is 16.2. The van der Waals surface area contributed by atoms with Crippen LogP contribution in [0.4, 0.5) is 5.13 Å². The number of nitrogens with one attached hydrogen (secondary N) is 2. The fourth-order valence-electron chi connectivity index (χ4n) is 6.53. The standard InChI is InChI=1S/C33H40ClN7O10S2/c1-4-5-9-33(15-36-26(45)18-7-8-20(43)25(44)21(18)34)10-6-11-40(33)12-17-13-52-29-23(28(47)41(29)24(17)30(48)49)38-27(46)22(19-14-53-31(35)37-19)39-51-32(2,3)50-16-42/h7-8,14,16,23,29,43-44H,4-6,9-13,15H2,1-3H3,(H2,35,37)(H,36,45)(H,38,46)(H,48,49)/b39-22-/t23-,29-,33+/m1/s1. The average molecular weight is 794 g/mol. The first-order valence-electron chi connectivity index (χ1n) is 16.7. The molecular formula is C33H40ClN7O10S2. The predicted molar refractivity (Wildman–Crippen MR) is 195 cm³/mol. The first-order chi connectivity index (χ1) is 25.1. The molecule has 3 aliphatic rings. The number of unbranched alkanes of at least 4 members (excludes halogenated alkanes) is 1. The quantitative estimate of drug-likeness (QED) is 0.0357. The highest BCUT2D eigenvalue weighted by atomic mass is 35.5. The molecule has 3 amide bonds. The SMILES string of the molecule is CCCC[C@@]1(CNC(=O)c2ccc(O)c(O)c2Cl)CCCN1CC1=C(C(=O)O)N2C(=O)[C@@H](NC(=O)/C(=N\OC(C)(C)OC=O)c3csc(N)n3)[C@H]2SC1. The van der Waals surface area contributed by atoms with Crippen molar-refractivity contribution < 1.29 is 48.9 Å². The first-order valence-corrected chi connectivity index (χ1v) is 19.0. The maximum Gasteiger partial charge on any atom is 0.352 e. The number of aromatic nitrogens is 1. The van der Waals surface area contributed by atoms with Crippen molar-refractivity contribution in [3.63, 3.8) is 0 Å². The topological polar surface area (TPSA) is 246 Å². The van der Waals surface area contributed by atoms with Gasteiger partial charge in [0.1, 0.15) is 22.8 Å². The van der Waals surface area contributed by atoms with Gasteiger partial charge < -0.3 is 41.3 Å². The van der Waals surface area contributed by atoms with Gasteiger partial charge in [-0.2, -0.15) is 0 Å². The highest BCUT2D eigenvalue weighted by Gasteiger charge is 2.55. The van der Waals surface area contributed by atoms with E-state index in [9.17, 15) is 39.3 Å². The third-order valence-corrected chi connectivity index (χ3v) is 11.6. The zero-order valence-corrected chi connectivity index (χ0v) is 31.5. The van der Waals surface area contributed by atoms with E-state index in [1.165, 1.54) is 48.0 Å². The van der Waals surface area contributed by atoms with E-state index in [1.807, 2.05) is 0 Å². The molecule has 1 aromatic carbocycles. The second-order valence-corrected chi connectivity index (χ2v) is 15.5. The maximum absolute atomic E-state index is 13.6. The molecular weight excluding hydrogens is 754 g/mol. The molecule has 0 aliphatic carbocycles. The molecule has 7 N–H and O–H groups in total. The lowest BCUT2D eigenvalue weighted by Gasteiger charge is -2.50. The van der Waals surface area contributed by atoms with Gasteiger partial charge in [-0.15, -0.1) is 23.1 Å². The van der Waals surface area contributed by atoms with Crippen LogP contribution in [-0.2, 0) is 28.8 Å². The van der Waals surface area contributed by atoms with Crippen molar-refractivity contribution >= 4 is 75.7 Å². The number of halogens is 1. The fourth-order valence-corrected chi connectivity index (χ4v) is 8.66. The molecule has 53 heavy (non-hydrogen) atoms. The number of carboxylic acid groups (broad SMARTS) is 1. The highest BCUT2D eigenvalue weighted by Crippen LogP contribution is 2.43. The summed E-state index contributed by atoms with van der Waals surface area (Å²) >= 11 is 8.49. The van der Waals surface area contributed by atoms with E-state index in [1.54, 1.807) is 0 Å². The van der Waals surface area contributed by atoms with Gasteiger partial charge >= 0.3 is 5.97 Å². The van der Waals surface area contributed by atoms with Crippen molar-refractivity contribution in [3.05, 3.63) is 45.1 Å². The number of phenols is 2. The lowest BCUT2D eigenvalue weighted by atomic mass is 9.88. The number of thioether (sulfide) groups is 1. The number of aliphatic carboxylic acids is 1. The first kappa shape index (κ1) is 39.6. The summed E-state index contributed by atoms with van der Waals surface area (Å²) in [6, 6.07) is 1.40. The minimum atomic E-state index is -1.53. The van der Waals surface area contributed by atoms with Crippen molar-refractivity contribution in [2.75, 3.05) is 31.1 Å². The molecule has 0 radical (unpaired) electrons. The maximum atomic E-state index is 13.6. The third kappa shape index (κ3) is 8.32. The Morgan fingerprint density at radius 2 is 2.04 bits per heavy atom. The molecule has 286 valence electrons. The summed E-state index contributed by atoms with van der Waals surface area (Å²) in [5.74, 6) is -5.63. The van der Waals surface area contributed by atoms with Crippen LogP contribution in [0.3, 0.4) is 0 Å². The number of fused-ring (bicyclic) bond motifs is 1. The minimum Gasteiger partial charge on any atom is -0.504 e. The Bertz CT molecular complexity index is 1850. The van der Waals surface area contributed by atoms with Gasteiger partial charge in [0, 0.05) is 43.6 Å². The van der Waals surface area contributed by atoms with Gasteiger partial charge in [0.05, 0.1) is 10.6 Å². The van der Waals surface area contributed by atoms with Gasteiger partial charge in [0.2, 0.25) is 0 Å². The zero-order chi connectivity index (χ0) is 38.7. The second-order valence-electron chi connectivity index (χ2n) is 13.2. The summed E-state index contributed by atoms with van der Waals surface area (Å²) in [4.78, 5) is 76.5.